The van der Waals surface area contributed by atoms with Gasteiger partial charge < -0.3 is 25.3 Å². The van der Waals surface area contributed by atoms with E-state index in [1.165, 1.54) is 177 Å². The van der Waals surface area contributed by atoms with Gasteiger partial charge >= 0.3 is 0 Å². The third kappa shape index (κ3) is 8.94. The number of nitrogens with zero attached hydrogens (tertiary/aromatic N) is 4. The zero-order valence-electron chi connectivity index (χ0n) is 59.3. The molecule has 5 heterocycles. The number of benzene rings is 11. The summed E-state index contributed by atoms with van der Waals surface area (Å²) in [6.07, 6.45) is 4.27. The van der Waals surface area contributed by atoms with Gasteiger partial charge in [-0.05, 0) is 288 Å². The van der Waals surface area contributed by atoms with Crippen molar-refractivity contribution in [1.82, 2.24) is 0 Å². The number of para-hydroxylation sites is 3. The first-order valence-corrected chi connectivity index (χ1v) is 36.5. The summed E-state index contributed by atoms with van der Waals surface area (Å²) < 4.78 is 2.65. The second-order valence-corrected chi connectivity index (χ2v) is 33.2. The molecule has 2 aliphatic carbocycles. The number of rotatable bonds is 6. The molecule has 0 fully saturated rings. The topological polar surface area (TPSA) is 39.0 Å². The maximum atomic E-state index is 7.55. The predicted octanol–water partition coefficient (Wildman–Crippen LogP) is 20.2. The Morgan fingerprint density at radius 1 is 0.347 bits per heavy atom. The molecule has 0 bridgehead atoms. The van der Waals surface area contributed by atoms with Gasteiger partial charge in [0.1, 0.15) is 0 Å². The maximum absolute atomic E-state index is 7.55. The zero-order chi connectivity index (χ0) is 67.5. The van der Waals surface area contributed by atoms with Crippen molar-refractivity contribution >= 4 is 135 Å². The first-order valence-electron chi connectivity index (χ1n) is 35.7. The molecular weight excluding hydrogens is 1200 g/mol. The summed E-state index contributed by atoms with van der Waals surface area (Å²) in [7, 11) is 0. The monoisotopic (exact) mass is 1290 g/mol. The smallest absolute Gasteiger partial charge is 0.264 e. The molecular formula is C90H85B2N5S. The quantitative estimate of drug-likeness (QED) is 0.168. The molecule has 0 saturated heterocycles. The normalized spacial score (nSPS) is 17.7. The van der Waals surface area contributed by atoms with Gasteiger partial charge in [0, 0.05) is 83.0 Å². The Hall–Kier alpha value is -9.33. The van der Waals surface area contributed by atoms with E-state index in [4.69, 9.17) is 5.73 Å². The minimum Gasteiger partial charge on any atom is -0.322 e. The number of nitrogens with two attached hydrogens (primary N) is 1. The minimum absolute atomic E-state index is 0.0113. The van der Waals surface area contributed by atoms with Crippen molar-refractivity contribution in [2.75, 3.05) is 19.6 Å². The van der Waals surface area contributed by atoms with Crippen LogP contribution in [0.2, 0.25) is 0 Å². The van der Waals surface area contributed by atoms with Gasteiger partial charge in [-0.15, -0.1) is 11.3 Å². The molecule has 0 amide bonds. The fourth-order valence-electron chi connectivity index (χ4n) is 19.1. The Labute approximate surface area is 584 Å². The zero-order valence-corrected chi connectivity index (χ0v) is 60.1. The van der Waals surface area contributed by atoms with Crippen molar-refractivity contribution in [2.24, 2.45) is 5.73 Å². The van der Waals surface area contributed by atoms with E-state index in [1.54, 1.807) is 0 Å². The number of anilines is 12. The van der Waals surface area contributed by atoms with Crippen LogP contribution in [-0.4, -0.2) is 13.4 Å². The van der Waals surface area contributed by atoms with Crippen molar-refractivity contribution in [1.29, 1.82) is 0 Å². The van der Waals surface area contributed by atoms with Crippen LogP contribution in [-0.2, 0) is 21.8 Å². The molecule has 1 atom stereocenters. The fourth-order valence-corrected chi connectivity index (χ4v) is 20.4. The van der Waals surface area contributed by atoms with E-state index in [1.807, 2.05) is 11.3 Å². The average Bonchev–Trinajstić information content (AvgIpc) is 1.48. The van der Waals surface area contributed by atoms with E-state index in [2.05, 4.69) is 317 Å². The van der Waals surface area contributed by atoms with Gasteiger partial charge in [0.05, 0.1) is 5.69 Å². The lowest BCUT2D eigenvalue weighted by Gasteiger charge is -2.47. The maximum Gasteiger partial charge on any atom is 0.264 e. The first kappa shape index (κ1) is 61.0. The van der Waals surface area contributed by atoms with Gasteiger partial charge in [-0.1, -0.05) is 161 Å². The van der Waals surface area contributed by atoms with E-state index in [-0.39, 0.29) is 29.7 Å². The van der Waals surface area contributed by atoms with E-state index >= 15 is 0 Å². The van der Waals surface area contributed by atoms with Gasteiger partial charge in [-0.25, -0.2) is 0 Å². The van der Waals surface area contributed by atoms with Gasteiger partial charge in [0.25, 0.3) is 13.4 Å². The van der Waals surface area contributed by atoms with E-state index in [0.717, 1.165) is 42.7 Å². The molecule has 2 N–H and O–H groups in total. The summed E-state index contributed by atoms with van der Waals surface area (Å²) in [6.45, 7) is 32.6. The van der Waals surface area contributed by atoms with Crippen LogP contribution in [0.4, 0.5) is 68.2 Å². The second-order valence-electron chi connectivity index (χ2n) is 32.2. The Balaban J connectivity index is 0.973. The summed E-state index contributed by atoms with van der Waals surface area (Å²) in [6, 6.07) is 79.1. The molecule has 8 heteroatoms. The number of hydrogen-bond donors (Lipinski definition) is 1. The van der Waals surface area contributed by atoms with Gasteiger partial charge in [0.15, 0.2) is 0 Å². The molecule has 0 radical (unpaired) electrons. The lowest BCUT2D eigenvalue weighted by molar-refractivity contribution is 0.319. The highest BCUT2D eigenvalue weighted by atomic mass is 32.1. The molecule has 482 valence electrons. The molecule has 0 spiro atoms. The fraction of sp³-hybridized carbons (Fsp3) is 0.244. The van der Waals surface area contributed by atoms with Crippen LogP contribution < -0.4 is 57.4 Å². The second kappa shape index (κ2) is 21.3. The Morgan fingerprint density at radius 3 is 1.36 bits per heavy atom. The van der Waals surface area contributed by atoms with Crippen molar-refractivity contribution < 1.29 is 0 Å². The molecule has 12 aromatic rings. The van der Waals surface area contributed by atoms with Crippen LogP contribution >= 0.6 is 11.3 Å². The molecule has 1 unspecified atom stereocenters. The molecule has 4 aliphatic heterocycles. The lowest BCUT2D eigenvalue weighted by Crippen LogP contribution is -2.65. The third-order valence-electron chi connectivity index (χ3n) is 23.8. The summed E-state index contributed by atoms with van der Waals surface area (Å²) in [5, 5.41) is 1.28. The van der Waals surface area contributed by atoms with E-state index in [0.29, 0.717) is 0 Å². The number of thiophene rings is 1. The highest BCUT2D eigenvalue weighted by Gasteiger charge is 2.51. The van der Waals surface area contributed by atoms with Crippen LogP contribution in [0.25, 0.3) is 32.3 Å². The Kier molecular flexibility index (Phi) is 13.3. The van der Waals surface area contributed by atoms with Crippen LogP contribution in [0, 0.1) is 48.5 Å². The van der Waals surface area contributed by atoms with E-state index in [9.17, 15) is 0 Å². The molecule has 5 nitrogen and oxygen atoms in total. The largest absolute Gasteiger partial charge is 0.322 e. The minimum atomic E-state index is -0.496. The van der Waals surface area contributed by atoms with Crippen molar-refractivity contribution in [2.45, 2.75) is 144 Å². The van der Waals surface area contributed by atoms with E-state index < -0.39 is 5.54 Å². The van der Waals surface area contributed by atoms with Crippen molar-refractivity contribution in [3.63, 3.8) is 0 Å². The lowest BCUT2D eigenvalue weighted by atomic mass is 9.31. The molecule has 98 heavy (non-hydrogen) atoms. The summed E-state index contributed by atoms with van der Waals surface area (Å²) in [5.41, 5.74) is 47.4. The van der Waals surface area contributed by atoms with Crippen LogP contribution in [0.15, 0.2) is 200 Å². The Morgan fingerprint density at radius 2 is 0.796 bits per heavy atom. The van der Waals surface area contributed by atoms with Crippen molar-refractivity contribution in [3.8, 4) is 22.3 Å². The highest BCUT2D eigenvalue weighted by molar-refractivity contribution is 7.33. The standard InChI is InChI=1S/C90H85B2N5S/c1-52-29-34-80-65(43-52)85-86(98-80)92-72-50-71-74(51-75(72)95(62-25-19-16-20-26-62)78-46-60(82-57(6)41-54(3)42-58(82)7)47-79(84(78)92)97(85)64-31-33-67-69(49-64)90(14,93)38-37-88(67,10)11)94(61-23-17-15-18-24-61)76-44-59(81-55(4)39-53(2)40-56(81)5)45-77-83(76)91(71)70-27-21-22-28-73(70)96(77)63-30-32-66-68(48-63)89(12,13)36-35-87(66,8)9/h15-34,39-51H,35-38,93H2,1-14H3. The molecule has 6 aliphatic rings. The predicted molar refractivity (Wildman–Crippen MR) is 423 cm³/mol. The van der Waals surface area contributed by atoms with Gasteiger partial charge in [-0.3, -0.25) is 0 Å². The molecule has 0 saturated carbocycles. The Bertz CT molecular complexity index is 5380. The van der Waals surface area contributed by atoms with Crippen LogP contribution in [0.5, 0.6) is 0 Å². The molecule has 18 rings (SSSR count). The number of aryl methyl sites for hydroxylation is 7. The summed E-state index contributed by atoms with van der Waals surface area (Å²) in [4.78, 5) is 10.6. The summed E-state index contributed by atoms with van der Waals surface area (Å²) in [5.74, 6) is 0. The molecule has 11 aromatic carbocycles. The van der Waals surface area contributed by atoms with Crippen LogP contribution in [0.1, 0.15) is 135 Å². The summed E-state index contributed by atoms with van der Waals surface area (Å²) >= 11 is 1.98. The SMILES string of the molecule is Cc1cc(C)c(-c2cc3c4c(c2)N(c2ccccc2)c2cc5c(cc2B4c2ccccc2N3c2ccc3c(c2)C(C)(C)CCC3(C)C)B2c3sc4ccc(C)cc4c3N(c3ccc4c(c3)C(C)(N)CCC4(C)C)c3cc(-c4c(C)cc(C)cc4C)cc(c32)N5c2ccccc2)c(C)c1. The number of hydrogen-bond acceptors (Lipinski definition) is 6. The van der Waals surface area contributed by atoms with Crippen molar-refractivity contribution in [3.05, 3.63) is 261 Å². The highest BCUT2D eigenvalue weighted by Crippen LogP contribution is 2.56. The number of fused-ring (bicyclic) bond motifs is 12. The first-order chi connectivity index (χ1) is 46.9. The molecule has 1 aromatic heterocycles. The average molecular weight is 1290 g/mol. The van der Waals surface area contributed by atoms with Gasteiger partial charge in [0.2, 0.25) is 0 Å². The van der Waals surface area contributed by atoms with Gasteiger partial charge in [-0.2, -0.15) is 0 Å². The van der Waals surface area contributed by atoms with Crippen LogP contribution in [0.3, 0.4) is 0 Å². The third-order valence-corrected chi connectivity index (χ3v) is 25.1.